The van der Waals surface area contributed by atoms with Crippen molar-refractivity contribution in [1.82, 2.24) is 10.6 Å². The molecule has 132 valence electrons. The molecule has 0 aromatic heterocycles. The zero-order valence-electron chi connectivity index (χ0n) is 14.6. The van der Waals surface area contributed by atoms with Gasteiger partial charge in [-0.1, -0.05) is 60.7 Å². The lowest BCUT2D eigenvalue weighted by atomic mass is 10.0. The Balaban J connectivity index is 2.01. The van der Waals surface area contributed by atoms with E-state index < -0.39 is 6.04 Å². The van der Waals surface area contributed by atoms with Crippen LogP contribution < -0.4 is 10.6 Å². The van der Waals surface area contributed by atoms with Crippen molar-refractivity contribution in [3.8, 4) is 0 Å². The van der Waals surface area contributed by atoms with E-state index in [1.54, 1.807) is 18.7 Å². The first-order valence-electron chi connectivity index (χ1n) is 8.40. The van der Waals surface area contributed by atoms with E-state index in [0.29, 0.717) is 6.54 Å². The van der Waals surface area contributed by atoms with E-state index in [-0.39, 0.29) is 22.8 Å². The van der Waals surface area contributed by atoms with Gasteiger partial charge in [0.25, 0.3) is 0 Å². The van der Waals surface area contributed by atoms with Crippen LogP contribution in [0.3, 0.4) is 0 Å². The van der Waals surface area contributed by atoms with Crippen LogP contribution >= 0.6 is 11.8 Å². The maximum atomic E-state index is 12.2. The number of carbonyl (C=O) groups is 2. The second kappa shape index (κ2) is 9.89. The molecule has 1 atom stereocenters. The van der Waals surface area contributed by atoms with Gasteiger partial charge in [0.15, 0.2) is 0 Å². The Bertz CT molecular complexity index is 637. The van der Waals surface area contributed by atoms with E-state index in [2.05, 4.69) is 34.9 Å². The molecule has 0 saturated carbocycles. The molecular formula is C20H24N2O2S. The minimum Gasteiger partial charge on any atom is -0.355 e. The van der Waals surface area contributed by atoms with Gasteiger partial charge >= 0.3 is 0 Å². The van der Waals surface area contributed by atoms with Gasteiger partial charge in [-0.2, -0.15) is 0 Å². The topological polar surface area (TPSA) is 58.2 Å². The third-order valence-electron chi connectivity index (χ3n) is 3.71. The number of hydrogen-bond acceptors (Lipinski definition) is 3. The van der Waals surface area contributed by atoms with Crippen molar-refractivity contribution in [1.29, 1.82) is 0 Å². The standard InChI is InChI=1S/C20H24N2O2S/c1-3-21-20(24)15(2)22-18(23)14-25-19(16-10-6-4-7-11-16)17-12-8-5-9-13-17/h4-13,15,19H,3,14H2,1-2H3,(H,21,24)(H,22,23)/t15-/m1/s1. The normalized spacial score (nSPS) is 11.8. The Morgan fingerprint density at radius 1 is 0.960 bits per heavy atom. The van der Waals surface area contributed by atoms with Crippen molar-refractivity contribution in [3.63, 3.8) is 0 Å². The summed E-state index contributed by atoms with van der Waals surface area (Å²) >= 11 is 1.56. The molecule has 0 heterocycles. The maximum Gasteiger partial charge on any atom is 0.242 e. The van der Waals surface area contributed by atoms with E-state index in [9.17, 15) is 9.59 Å². The van der Waals surface area contributed by atoms with E-state index >= 15 is 0 Å². The molecule has 2 N–H and O–H groups in total. The number of likely N-dealkylation sites (N-methyl/N-ethyl adjacent to an activating group) is 1. The summed E-state index contributed by atoms with van der Waals surface area (Å²) < 4.78 is 0. The van der Waals surface area contributed by atoms with Crippen molar-refractivity contribution in [2.24, 2.45) is 0 Å². The molecule has 0 fully saturated rings. The molecule has 0 aliphatic carbocycles. The van der Waals surface area contributed by atoms with Crippen LogP contribution in [0.5, 0.6) is 0 Å². The van der Waals surface area contributed by atoms with E-state index in [1.165, 1.54) is 0 Å². The zero-order chi connectivity index (χ0) is 18.1. The van der Waals surface area contributed by atoms with Gasteiger partial charge < -0.3 is 10.6 Å². The molecule has 0 aliphatic heterocycles. The predicted molar refractivity (Wildman–Crippen MR) is 103 cm³/mol. The summed E-state index contributed by atoms with van der Waals surface area (Å²) in [5.74, 6) is -0.0118. The van der Waals surface area contributed by atoms with E-state index in [4.69, 9.17) is 0 Å². The monoisotopic (exact) mass is 356 g/mol. The molecular weight excluding hydrogens is 332 g/mol. The molecule has 0 aliphatic rings. The molecule has 0 radical (unpaired) electrons. The van der Waals surface area contributed by atoms with Crippen LogP contribution in [0.1, 0.15) is 30.2 Å². The highest BCUT2D eigenvalue weighted by Gasteiger charge is 2.18. The van der Waals surface area contributed by atoms with Gasteiger partial charge in [-0.05, 0) is 25.0 Å². The molecule has 2 amide bonds. The average molecular weight is 356 g/mol. The second-order valence-corrected chi connectivity index (χ2v) is 6.79. The largest absolute Gasteiger partial charge is 0.355 e. The van der Waals surface area contributed by atoms with Crippen molar-refractivity contribution in [2.75, 3.05) is 12.3 Å². The number of nitrogens with one attached hydrogen (secondary N) is 2. The minimum absolute atomic E-state index is 0.0768. The maximum absolute atomic E-state index is 12.2. The minimum atomic E-state index is -0.528. The van der Waals surface area contributed by atoms with Crippen molar-refractivity contribution >= 4 is 23.6 Å². The summed E-state index contributed by atoms with van der Waals surface area (Å²) in [5.41, 5.74) is 2.31. The van der Waals surface area contributed by atoms with Gasteiger partial charge in [0, 0.05) is 6.54 Å². The van der Waals surface area contributed by atoms with Crippen molar-refractivity contribution in [2.45, 2.75) is 25.1 Å². The van der Waals surface area contributed by atoms with E-state index in [0.717, 1.165) is 11.1 Å². The smallest absolute Gasteiger partial charge is 0.242 e. The van der Waals surface area contributed by atoms with Crippen LogP contribution in [0.15, 0.2) is 60.7 Å². The van der Waals surface area contributed by atoms with Crippen LogP contribution in [0.25, 0.3) is 0 Å². The van der Waals surface area contributed by atoms with Gasteiger partial charge in [0.2, 0.25) is 11.8 Å². The molecule has 2 rings (SSSR count). The summed E-state index contributed by atoms with van der Waals surface area (Å²) in [5, 5.41) is 5.53. The lowest BCUT2D eigenvalue weighted by molar-refractivity contribution is -0.127. The van der Waals surface area contributed by atoms with Gasteiger partial charge in [0.05, 0.1) is 11.0 Å². The molecule has 0 saturated heterocycles. The van der Waals surface area contributed by atoms with Gasteiger partial charge in [-0.25, -0.2) is 0 Å². The van der Waals surface area contributed by atoms with Crippen LogP contribution in [-0.4, -0.2) is 30.2 Å². The van der Waals surface area contributed by atoms with Gasteiger partial charge in [-0.15, -0.1) is 11.8 Å². The molecule has 2 aromatic carbocycles. The number of hydrogen-bond donors (Lipinski definition) is 2. The van der Waals surface area contributed by atoms with Crippen LogP contribution in [0.4, 0.5) is 0 Å². The number of thioether (sulfide) groups is 1. The number of carbonyl (C=O) groups excluding carboxylic acids is 2. The van der Waals surface area contributed by atoms with Crippen LogP contribution in [-0.2, 0) is 9.59 Å². The van der Waals surface area contributed by atoms with Gasteiger partial charge in [0.1, 0.15) is 6.04 Å². The Morgan fingerprint density at radius 2 is 1.48 bits per heavy atom. The fourth-order valence-corrected chi connectivity index (χ4v) is 3.58. The third-order valence-corrected chi connectivity index (χ3v) is 5.01. The first-order valence-corrected chi connectivity index (χ1v) is 9.45. The summed E-state index contributed by atoms with van der Waals surface area (Å²) in [4.78, 5) is 23.9. The fraction of sp³-hybridized carbons (Fsp3) is 0.300. The van der Waals surface area contributed by atoms with Crippen molar-refractivity contribution < 1.29 is 9.59 Å². The summed E-state index contributed by atoms with van der Waals surface area (Å²) in [6.07, 6.45) is 0. The lowest BCUT2D eigenvalue weighted by Gasteiger charge is -2.18. The SMILES string of the molecule is CCNC(=O)[C@@H](C)NC(=O)CSC(c1ccccc1)c1ccccc1. The third kappa shape index (κ3) is 5.94. The first-order chi connectivity index (χ1) is 12.1. The highest BCUT2D eigenvalue weighted by Crippen LogP contribution is 2.35. The molecule has 4 nitrogen and oxygen atoms in total. The number of amides is 2. The number of rotatable bonds is 8. The number of benzene rings is 2. The second-order valence-electron chi connectivity index (χ2n) is 5.70. The zero-order valence-corrected chi connectivity index (χ0v) is 15.4. The lowest BCUT2D eigenvalue weighted by Crippen LogP contribution is -2.45. The fourth-order valence-electron chi connectivity index (χ4n) is 2.48. The Morgan fingerprint density at radius 3 is 1.96 bits per heavy atom. The molecule has 0 unspecified atom stereocenters. The Kier molecular flexibility index (Phi) is 7.54. The van der Waals surface area contributed by atoms with E-state index in [1.807, 2.05) is 43.3 Å². The Hall–Kier alpha value is -2.27. The first kappa shape index (κ1) is 19.1. The summed E-state index contributed by atoms with van der Waals surface area (Å²) in [6, 6.07) is 19.7. The van der Waals surface area contributed by atoms with Gasteiger partial charge in [-0.3, -0.25) is 9.59 Å². The average Bonchev–Trinajstić information content (AvgIpc) is 2.64. The molecule has 5 heteroatoms. The quantitative estimate of drug-likeness (QED) is 0.764. The van der Waals surface area contributed by atoms with Crippen LogP contribution in [0, 0.1) is 0 Å². The molecule has 0 spiro atoms. The predicted octanol–water partition coefficient (Wildman–Crippen LogP) is 3.15. The van der Waals surface area contributed by atoms with Crippen molar-refractivity contribution in [3.05, 3.63) is 71.8 Å². The molecule has 2 aromatic rings. The summed E-state index contributed by atoms with van der Waals surface area (Å²) in [6.45, 7) is 4.10. The molecule has 25 heavy (non-hydrogen) atoms. The highest BCUT2D eigenvalue weighted by molar-refractivity contribution is 8.00. The highest BCUT2D eigenvalue weighted by atomic mass is 32.2. The molecule has 0 bridgehead atoms. The van der Waals surface area contributed by atoms with Crippen LogP contribution in [0.2, 0.25) is 0 Å². The Labute approximate surface area is 153 Å². The summed E-state index contributed by atoms with van der Waals surface area (Å²) in [7, 11) is 0.